The molecule has 14 heteroatoms. The van der Waals surface area contributed by atoms with E-state index in [1.165, 1.54) is 21.3 Å². The Morgan fingerprint density at radius 2 is 1.48 bits per heavy atom. The zero-order valence-electron chi connectivity index (χ0n) is 22.8. The lowest BCUT2D eigenvalue weighted by molar-refractivity contribution is -0.282. The van der Waals surface area contributed by atoms with Crippen LogP contribution in [0, 0.1) is 11.8 Å². The minimum Gasteiger partial charge on any atom is -0.493 e. The fraction of sp³-hybridized carbons (Fsp3) is 0.500. The van der Waals surface area contributed by atoms with Crippen molar-refractivity contribution >= 4 is 11.9 Å². The molecular weight excluding hydrogens is 560 g/mol. The number of cyclic esters (lactones) is 1. The second-order valence-electron chi connectivity index (χ2n) is 10.4. The summed E-state index contributed by atoms with van der Waals surface area (Å²) in [6.07, 6.45) is -10.4. The van der Waals surface area contributed by atoms with Crippen molar-refractivity contribution in [1.29, 1.82) is 0 Å². The molecule has 2 aromatic carbocycles. The maximum absolute atomic E-state index is 13.3. The molecule has 1 aliphatic carbocycles. The number of methoxy groups -OCH3 is 3. The van der Waals surface area contributed by atoms with Crippen LogP contribution in [0.25, 0.3) is 0 Å². The average molecular weight is 591 g/mol. The van der Waals surface area contributed by atoms with E-state index in [9.17, 15) is 30.0 Å². The third-order valence-corrected chi connectivity index (χ3v) is 8.23. The second-order valence-corrected chi connectivity index (χ2v) is 10.4. The van der Waals surface area contributed by atoms with Crippen LogP contribution in [0.5, 0.6) is 28.7 Å². The topological polar surface area (TPSA) is 189 Å². The SMILES string of the molecule is COc1cc([C@@H]2c3cc4c(cc3[C@H](OC(=O)[C@H]3O[C@@H](O)[C@H](O)[C@@H](O)[C@@H]3O)[C@H]3COC(=O)[C@H]23)OCO4)cc(OC)c1OC. The fourth-order valence-electron chi connectivity index (χ4n) is 6.19. The molecule has 42 heavy (non-hydrogen) atoms. The molecule has 226 valence electrons. The van der Waals surface area contributed by atoms with E-state index in [0.717, 1.165) is 0 Å². The van der Waals surface area contributed by atoms with Crippen LogP contribution in [0.1, 0.15) is 28.7 Å². The number of esters is 2. The Kier molecular flexibility index (Phi) is 7.27. The fourth-order valence-corrected chi connectivity index (χ4v) is 6.19. The Bertz CT molecular complexity index is 1370. The largest absolute Gasteiger partial charge is 0.493 e. The van der Waals surface area contributed by atoms with Crippen molar-refractivity contribution in [2.24, 2.45) is 11.8 Å². The molecule has 3 heterocycles. The summed E-state index contributed by atoms with van der Waals surface area (Å²) >= 11 is 0. The first kappa shape index (κ1) is 28.3. The number of benzene rings is 2. The van der Waals surface area contributed by atoms with Gasteiger partial charge in [0.2, 0.25) is 12.5 Å². The van der Waals surface area contributed by atoms with Crippen LogP contribution in [0.2, 0.25) is 0 Å². The molecule has 3 aliphatic heterocycles. The van der Waals surface area contributed by atoms with Gasteiger partial charge < -0.3 is 58.3 Å². The lowest BCUT2D eigenvalue weighted by atomic mass is 9.66. The Morgan fingerprint density at radius 3 is 2.10 bits per heavy atom. The van der Waals surface area contributed by atoms with Crippen LogP contribution in [0.4, 0.5) is 0 Å². The van der Waals surface area contributed by atoms with Gasteiger partial charge in [-0.05, 0) is 35.4 Å². The molecule has 6 rings (SSSR count). The summed E-state index contributed by atoms with van der Waals surface area (Å²) in [5, 5.41) is 40.3. The first-order chi connectivity index (χ1) is 20.2. The highest BCUT2D eigenvalue weighted by Gasteiger charge is 2.55. The van der Waals surface area contributed by atoms with Crippen molar-refractivity contribution in [2.75, 3.05) is 34.7 Å². The van der Waals surface area contributed by atoms with Gasteiger partial charge in [0.15, 0.2) is 35.4 Å². The van der Waals surface area contributed by atoms with E-state index < -0.39 is 66.5 Å². The minimum atomic E-state index is -1.94. The summed E-state index contributed by atoms with van der Waals surface area (Å²) in [5.41, 5.74) is 1.69. The van der Waals surface area contributed by atoms with E-state index in [2.05, 4.69) is 0 Å². The normalized spacial score (nSPS) is 32.8. The highest BCUT2D eigenvalue weighted by molar-refractivity contribution is 5.80. The van der Waals surface area contributed by atoms with Gasteiger partial charge in [0.25, 0.3) is 0 Å². The summed E-state index contributed by atoms with van der Waals surface area (Å²) in [6, 6.07) is 6.83. The summed E-state index contributed by atoms with van der Waals surface area (Å²) in [4.78, 5) is 26.6. The molecule has 0 aromatic heterocycles. The third-order valence-electron chi connectivity index (χ3n) is 8.23. The number of hydrogen-bond donors (Lipinski definition) is 4. The zero-order valence-corrected chi connectivity index (χ0v) is 22.8. The van der Waals surface area contributed by atoms with Crippen LogP contribution in [0.3, 0.4) is 0 Å². The average Bonchev–Trinajstić information content (AvgIpc) is 3.62. The molecule has 0 bridgehead atoms. The minimum absolute atomic E-state index is 0.0351. The Morgan fingerprint density at radius 1 is 0.833 bits per heavy atom. The van der Waals surface area contributed by atoms with Crippen LogP contribution in [-0.2, 0) is 23.8 Å². The predicted octanol–water partition coefficient (Wildman–Crippen LogP) is -0.240. The third kappa shape index (κ3) is 4.37. The molecule has 0 spiro atoms. The Hall–Kier alpha value is -3.82. The molecule has 2 saturated heterocycles. The summed E-state index contributed by atoms with van der Waals surface area (Å²) in [6.45, 7) is -0.124. The Labute approximate surface area is 239 Å². The lowest BCUT2D eigenvalue weighted by Crippen LogP contribution is -2.60. The van der Waals surface area contributed by atoms with Gasteiger partial charge in [-0.1, -0.05) is 0 Å². The van der Waals surface area contributed by atoms with Gasteiger partial charge in [-0.25, -0.2) is 4.79 Å². The van der Waals surface area contributed by atoms with Gasteiger partial charge in [-0.2, -0.15) is 0 Å². The maximum atomic E-state index is 13.3. The van der Waals surface area contributed by atoms with E-state index >= 15 is 0 Å². The monoisotopic (exact) mass is 590 g/mol. The number of ether oxygens (including phenoxy) is 8. The van der Waals surface area contributed by atoms with Crippen molar-refractivity contribution in [2.45, 2.75) is 42.7 Å². The van der Waals surface area contributed by atoms with Crippen molar-refractivity contribution < 1.29 is 67.9 Å². The second kappa shape index (κ2) is 10.8. The van der Waals surface area contributed by atoms with Crippen molar-refractivity contribution in [1.82, 2.24) is 0 Å². The number of carbonyl (C=O) groups is 2. The maximum Gasteiger partial charge on any atom is 0.338 e. The molecule has 0 saturated carbocycles. The van der Waals surface area contributed by atoms with Gasteiger partial charge in [-0.15, -0.1) is 0 Å². The molecule has 0 amide bonds. The van der Waals surface area contributed by atoms with E-state index in [4.69, 9.17) is 37.9 Å². The number of fused-ring (bicyclic) bond motifs is 3. The van der Waals surface area contributed by atoms with Gasteiger partial charge in [-0.3, -0.25) is 4.79 Å². The molecule has 2 aromatic rings. The molecule has 0 unspecified atom stereocenters. The smallest absolute Gasteiger partial charge is 0.338 e. The van der Waals surface area contributed by atoms with Gasteiger partial charge in [0.1, 0.15) is 24.4 Å². The standard InChI is InChI=1S/C28H30O14/c1-35-16-4-10(5-17(36-2)24(16)37-3)18-11-6-14-15(40-9-39-14)7-12(11)23(13-8-38-26(32)19(13)18)41-28(34)25-21(30)20(29)22(31)27(33)42-25/h4-7,13,18-23,25,27,29-31,33H,8-9H2,1-3H3/t13-,18+,19-,20-,21-,22+,23-,25-,27+/m0/s1. The van der Waals surface area contributed by atoms with Crippen molar-refractivity contribution in [3.63, 3.8) is 0 Å². The van der Waals surface area contributed by atoms with E-state index in [0.29, 0.717) is 45.4 Å². The highest BCUT2D eigenvalue weighted by Crippen LogP contribution is 2.56. The van der Waals surface area contributed by atoms with Gasteiger partial charge in [0, 0.05) is 17.4 Å². The quantitative estimate of drug-likeness (QED) is 0.323. The lowest BCUT2D eigenvalue weighted by Gasteiger charge is -2.41. The highest BCUT2D eigenvalue weighted by atomic mass is 16.7. The first-order valence-electron chi connectivity index (χ1n) is 13.2. The molecular formula is C28H30O14. The zero-order chi connectivity index (χ0) is 29.9. The van der Waals surface area contributed by atoms with Gasteiger partial charge in [0.05, 0.1) is 33.9 Å². The number of hydrogen-bond acceptors (Lipinski definition) is 14. The Balaban J connectivity index is 1.46. The van der Waals surface area contributed by atoms with Gasteiger partial charge >= 0.3 is 11.9 Å². The van der Waals surface area contributed by atoms with Crippen molar-refractivity contribution in [3.05, 3.63) is 41.0 Å². The molecule has 0 radical (unpaired) electrons. The van der Waals surface area contributed by atoms with E-state index in [1.54, 1.807) is 24.3 Å². The van der Waals surface area contributed by atoms with E-state index in [1.807, 2.05) is 0 Å². The molecule has 4 aliphatic rings. The molecule has 9 atom stereocenters. The number of carbonyl (C=O) groups excluding carboxylic acids is 2. The summed E-state index contributed by atoms with van der Waals surface area (Å²) in [7, 11) is 4.43. The summed E-state index contributed by atoms with van der Waals surface area (Å²) < 4.78 is 44.2. The molecule has 4 N–H and O–H groups in total. The first-order valence-corrected chi connectivity index (χ1v) is 13.2. The number of rotatable bonds is 6. The van der Waals surface area contributed by atoms with Crippen LogP contribution < -0.4 is 23.7 Å². The van der Waals surface area contributed by atoms with Crippen LogP contribution in [-0.4, -0.2) is 97.8 Å². The van der Waals surface area contributed by atoms with Crippen molar-refractivity contribution in [3.8, 4) is 28.7 Å². The van der Waals surface area contributed by atoms with Crippen LogP contribution >= 0.6 is 0 Å². The predicted molar refractivity (Wildman–Crippen MR) is 136 cm³/mol. The number of aliphatic hydroxyl groups is 4. The molecule has 14 nitrogen and oxygen atoms in total. The molecule has 2 fully saturated rings. The number of aliphatic hydroxyl groups excluding tert-OH is 4. The van der Waals surface area contributed by atoms with Crippen LogP contribution in [0.15, 0.2) is 24.3 Å². The van der Waals surface area contributed by atoms with E-state index in [-0.39, 0.29) is 13.4 Å². The summed E-state index contributed by atoms with van der Waals surface area (Å²) in [5.74, 6) is -1.89.